The van der Waals surface area contributed by atoms with Crippen molar-refractivity contribution in [1.29, 1.82) is 0 Å². The average Bonchev–Trinajstić information content (AvgIpc) is 3.00. The third-order valence-electron chi connectivity index (χ3n) is 8.82. The molecule has 1 amide bonds. The van der Waals surface area contributed by atoms with Gasteiger partial charge in [0.2, 0.25) is 11.9 Å². The third kappa shape index (κ3) is 5.26. The average molecular weight is 545 g/mol. The fourth-order valence-corrected chi connectivity index (χ4v) is 6.73. The molecule has 210 valence electrons. The summed E-state index contributed by atoms with van der Waals surface area (Å²) in [4.78, 5) is 33.4. The molecule has 3 aliphatic heterocycles. The number of phenolic OH excluding ortho intramolecular Hbond substituents is 1. The lowest BCUT2D eigenvalue weighted by atomic mass is 9.80. The first-order valence-corrected chi connectivity index (χ1v) is 14.1. The minimum Gasteiger partial charge on any atom is -0.508 e. The number of benzene rings is 2. The molecule has 3 N–H and O–H groups in total. The summed E-state index contributed by atoms with van der Waals surface area (Å²) in [7, 11) is 0. The summed E-state index contributed by atoms with van der Waals surface area (Å²) in [6.45, 7) is 2.07. The number of carbonyl (C=O) groups is 1. The van der Waals surface area contributed by atoms with Crippen molar-refractivity contribution in [3.05, 3.63) is 77.9 Å². The van der Waals surface area contributed by atoms with Crippen LogP contribution in [0, 0.1) is 5.92 Å². The van der Waals surface area contributed by atoms with Gasteiger partial charge in [-0.15, -0.1) is 0 Å². The zero-order valence-electron chi connectivity index (χ0n) is 22.5. The number of aromatic nitrogens is 3. The van der Waals surface area contributed by atoms with Gasteiger partial charge in [-0.3, -0.25) is 9.69 Å². The van der Waals surface area contributed by atoms with E-state index in [1.807, 2.05) is 29.2 Å². The smallest absolute Gasteiger partial charge is 0.229 e. The van der Waals surface area contributed by atoms with Gasteiger partial charge in [-0.2, -0.15) is 0 Å². The quantitative estimate of drug-likeness (QED) is 0.442. The van der Waals surface area contributed by atoms with E-state index in [4.69, 9.17) is 0 Å². The second-order valence-electron chi connectivity index (χ2n) is 11.1. The highest BCUT2D eigenvalue weighted by molar-refractivity contribution is 5.81. The number of aromatic hydroxyl groups is 1. The van der Waals surface area contributed by atoms with Gasteiger partial charge in [0.25, 0.3) is 0 Å². The van der Waals surface area contributed by atoms with Gasteiger partial charge >= 0.3 is 0 Å². The Bertz CT molecular complexity index is 1320. The van der Waals surface area contributed by atoms with Crippen molar-refractivity contribution in [2.75, 3.05) is 31.1 Å². The fraction of sp³-hybridized carbons (Fsp3) is 0.467. The molecule has 40 heavy (non-hydrogen) atoms. The molecule has 2 saturated heterocycles. The number of likely N-dealkylation sites (tertiary alicyclic amines) is 1. The maximum Gasteiger partial charge on any atom is 0.229 e. The standard InChI is InChI=1S/C30H36N6O4/c37-17-23-12-20-4-1-2-5-22(20)15-35(23)28-14-27(21-6-3-7-25(39)13-21)36(30-32-18-31-19-33-30)16-26(28)29(40)34-10-8-24(38)9-11-34/h1-7,13,18-19,23-24,26-28,37-39H,8-12,14-17H2/t23-,26?,27?,28?/m1/s1. The first-order chi connectivity index (χ1) is 19.5. The number of carbonyl (C=O) groups excluding carboxylic acids is 1. The number of rotatable bonds is 5. The van der Waals surface area contributed by atoms with E-state index >= 15 is 0 Å². The molecular weight excluding hydrogens is 508 g/mol. The van der Waals surface area contributed by atoms with Gasteiger partial charge in [-0.25, -0.2) is 15.0 Å². The first-order valence-electron chi connectivity index (χ1n) is 14.1. The number of amides is 1. The lowest BCUT2D eigenvalue weighted by Gasteiger charge is -2.51. The van der Waals surface area contributed by atoms with E-state index in [2.05, 4.69) is 36.9 Å². The zero-order chi connectivity index (χ0) is 27.6. The second-order valence-corrected chi connectivity index (χ2v) is 11.1. The molecule has 4 atom stereocenters. The van der Waals surface area contributed by atoms with E-state index in [1.165, 1.54) is 23.8 Å². The minimum absolute atomic E-state index is 0.00434. The number of aliphatic hydroxyl groups excluding tert-OH is 2. The topological polar surface area (TPSA) is 126 Å². The van der Waals surface area contributed by atoms with Gasteiger partial charge in [0.05, 0.1) is 24.7 Å². The molecule has 4 heterocycles. The number of hydrogen-bond donors (Lipinski definition) is 3. The fourth-order valence-electron chi connectivity index (χ4n) is 6.73. The summed E-state index contributed by atoms with van der Waals surface area (Å²) in [5.41, 5.74) is 3.36. The van der Waals surface area contributed by atoms with E-state index in [0.29, 0.717) is 57.8 Å². The molecule has 1 aromatic heterocycles. The summed E-state index contributed by atoms with van der Waals surface area (Å²) in [6.07, 6.45) is 4.99. The lowest BCUT2D eigenvalue weighted by molar-refractivity contribution is -0.141. The zero-order valence-corrected chi connectivity index (χ0v) is 22.5. The lowest BCUT2D eigenvalue weighted by Crippen LogP contribution is -2.61. The van der Waals surface area contributed by atoms with Gasteiger partial charge in [-0.05, 0) is 54.5 Å². The number of fused-ring (bicyclic) bond motifs is 1. The van der Waals surface area contributed by atoms with Crippen LogP contribution in [0.5, 0.6) is 5.75 Å². The summed E-state index contributed by atoms with van der Waals surface area (Å²) in [6, 6.07) is 15.1. The Labute approximate surface area is 233 Å². The van der Waals surface area contributed by atoms with Crippen molar-refractivity contribution in [3.8, 4) is 5.75 Å². The Morgan fingerprint density at radius 1 is 1.00 bits per heavy atom. The van der Waals surface area contributed by atoms with Crippen molar-refractivity contribution in [2.24, 2.45) is 5.92 Å². The van der Waals surface area contributed by atoms with Crippen LogP contribution in [0.1, 0.15) is 42.0 Å². The molecule has 3 unspecified atom stereocenters. The summed E-state index contributed by atoms with van der Waals surface area (Å²) in [5.74, 6) is 0.312. The highest BCUT2D eigenvalue weighted by Gasteiger charge is 2.47. The Morgan fingerprint density at radius 3 is 2.48 bits per heavy atom. The van der Waals surface area contributed by atoms with Gasteiger partial charge < -0.3 is 25.1 Å². The van der Waals surface area contributed by atoms with Crippen molar-refractivity contribution in [2.45, 2.75) is 56.5 Å². The van der Waals surface area contributed by atoms with Crippen molar-refractivity contribution < 1.29 is 20.1 Å². The Hall–Kier alpha value is -3.60. The van der Waals surface area contributed by atoms with Crippen LogP contribution in [0.15, 0.2) is 61.2 Å². The van der Waals surface area contributed by atoms with Crippen molar-refractivity contribution in [1.82, 2.24) is 24.8 Å². The van der Waals surface area contributed by atoms with E-state index in [-0.39, 0.29) is 42.5 Å². The Morgan fingerprint density at radius 2 is 1.75 bits per heavy atom. The molecule has 0 aliphatic carbocycles. The predicted molar refractivity (Wildman–Crippen MR) is 148 cm³/mol. The minimum atomic E-state index is -0.403. The molecule has 6 rings (SSSR count). The normalized spacial score (nSPS) is 25.9. The van der Waals surface area contributed by atoms with Crippen molar-refractivity contribution >= 4 is 11.9 Å². The van der Waals surface area contributed by atoms with Gasteiger partial charge in [0.15, 0.2) is 0 Å². The van der Waals surface area contributed by atoms with E-state index in [1.54, 1.807) is 12.1 Å². The highest BCUT2D eigenvalue weighted by atomic mass is 16.3. The molecule has 3 aliphatic rings. The van der Waals surface area contributed by atoms with Crippen LogP contribution < -0.4 is 4.90 Å². The molecular formula is C30H36N6O4. The molecule has 0 bridgehead atoms. The molecule has 10 nitrogen and oxygen atoms in total. The number of nitrogens with zero attached hydrogens (tertiary/aromatic N) is 6. The van der Waals surface area contributed by atoms with Crippen molar-refractivity contribution in [3.63, 3.8) is 0 Å². The summed E-state index contributed by atoms with van der Waals surface area (Å²) in [5, 5.41) is 31.0. The van der Waals surface area contributed by atoms with E-state index < -0.39 is 5.92 Å². The monoisotopic (exact) mass is 544 g/mol. The van der Waals surface area contributed by atoms with Crippen LogP contribution in [0.2, 0.25) is 0 Å². The van der Waals surface area contributed by atoms with E-state index in [0.717, 1.165) is 5.56 Å². The second kappa shape index (κ2) is 11.5. The van der Waals surface area contributed by atoms with Gasteiger partial charge in [-0.1, -0.05) is 36.4 Å². The molecule has 10 heteroatoms. The highest BCUT2D eigenvalue weighted by Crippen LogP contribution is 2.41. The van der Waals surface area contributed by atoms with Crippen LogP contribution >= 0.6 is 0 Å². The number of hydrogen-bond acceptors (Lipinski definition) is 9. The number of piperidine rings is 2. The summed E-state index contributed by atoms with van der Waals surface area (Å²) >= 11 is 0. The van der Waals surface area contributed by atoms with Crippen LogP contribution in [-0.4, -0.2) is 90.4 Å². The maximum absolute atomic E-state index is 14.3. The first kappa shape index (κ1) is 26.6. The summed E-state index contributed by atoms with van der Waals surface area (Å²) < 4.78 is 0. The van der Waals surface area contributed by atoms with Gasteiger partial charge in [0, 0.05) is 38.3 Å². The molecule has 3 aromatic rings. The van der Waals surface area contributed by atoms with Gasteiger partial charge in [0.1, 0.15) is 18.4 Å². The molecule has 2 fully saturated rings. The molecule has 0 radical (unpaired) electrons. The number of anilines is 1. The van der Waals surface area contributed by atoms with Crippen LogP contribution in [-0.2, 0) is 17.8 Å². The number of aliphatic hydroxyl groups is 2. The SMILES string of the molecule is O=C(C1CN(c2ncncn2)C(c2cccc(O)c2)CC1N1Cc2ccccc2C[C@@H]1CO)N1CCC(O)CC1. The molecule has 0 spiro atoms. The largest absolute Gasteiger partial charge is 0.508 e. The van der Waals surface area contributed by atoms with Crippen LogP contribution in [0.4, 0.5) is 5.95 Å². The maximum atomic E-state index is 14.3. The van der Waals surface area contributed by atoms with Crippen LogP contribution in [0.25, 0.3) is 0 Å². The molecule has 0 saturated carbocycles. The Balaban J connectivity index is 1.41. The third-order valence-corrected chi connectivity index (χ3v) is 8.82. The molecule has 2 aromatic carbocycles. The Kier molecular flexibility index (Phi) is 7.64. The van der Waals surface area contributed by atoms with E-state index in [9.17, 15) is 20.1 Å². The predicted octanol–water partition coefficient (Wildman–Crippen LogP) is 1.92. The van der Waals surface area contributed by atoms with Crippen LogP contribution in [0.3, 0.4) is 0 Å². The number of phenols is 1.